The molecule has 0 radical (unpaired) electrons. The molecule has 0 aliphatic rings. The highest BCUT2D eigenvalue weighted by atomic mass is 35.5. The summed E-state index contributed by atoms with van der Waals surface area (Å²) >= 11 is 7.81. The fourth-order valence-electron chi connectivity index (χ4n) is 2.13. The van der Waals surface area contributed by atoms with E-state index >= 15 is 0 Å². The van der Waals surface area contributed by atoms with Crippen LogP contribution in [-0.4, -0.2) is 18.0 Å². The molecule has 21 heavy (non-hydrogen) atoms. The number of nitrogens with zero attached hydrogens (tertiary/aromatic N) is 1. The summed E-state index contributed by atoms with van der Waals surface area (Å²) < 4.78 is 0. The Hall–Kier alpha value is -0.870. The van der Waals surface area contributed by atoms with Crippen LogP contribution in [0.5, 0.6) is 0 Å². The topological polar surface area (TPSA) is 15.3 Å². The van der Waals surface area contributed by atoms with Gasteiger partial charge >= 0.3 is 0 Å². The molecule has 2 aromatic rings. The Morgan fingerprint density at radius 1 is 1.05 bits per heavy atom. The number of thiophene rings is 1. The van der Waals surface area contributed by atoms with E-state index in [0.717, 1.165) is 24.7 Å². The largest absolute Gasteiger partial charge is 0.310 e. The van der Waals surface area contributed by atoms with Crippen LogP contribution in [0.3, 0.4) is 0 Å². The second-order valence-corrected chi connectivity index (χ2v) is 7.39. The van der Waals surface area contributed by atoms with Gasteiger partial charge in [-0.25, -0.2) is 0 Å². The van der Waals surface area contributed by atoms with Crippen molar-refractivity contribution in [2.75, 3.05) is 7.05 Å². The molecule has 0 aliphatic carbocycles. The summed E-state index contributed by atoms with van der Waals surface area (Å²) in [7, 11) is 2.15. The summed E-state index contributed by atoms with van der Waals surface area (Å²) in [5.74, 6) is 0. The normalized spacial score (nSPS) is 11.5. The van der Waals surface area contributed by atoms with Crippen molar-refractivity contribution in [1.82, 2.24) is 10.2 Å². The molecule has 114 valence electrons. The van der Waals surface area contributed by atoms with Gasteiger partial charge in [0.05, 0.1) is 0 Å². The van der Waals surface area contributed by atoms with Crippen molar-refractivity contribution >= 4 is 22.9 Å². The van der Waals surface area contributed by atoms with Crippen LogP contribution in [0.25, 0.3) is 0 Å². The molecule has 1 aromatic heterocycles. The first-order chi connectivity index (χ1) is 10.0. The third kappa shape index (κ3) is 5.79. The molecular weight excluding hydrogens is 300 g/mol. The van der Waals surface area contributed by atoms with Gasteiger partial charge in [-0.3, -0.25) is 4.90 Å². The molecule has 2 nitrogen and oxygen atoms in total. The first-order valence-corrected chi connectivity index (χ1v) is 8.46. The molecule has 1 aromatic carbocycles. The molecule has 0 fully saturated rings. The Balaban J connectivity index is 1.84. The number of hydrogen-bond acceptors (Lipinski definition) is 3. The van der Waals surface area contributed by atoms with E-state index in [-0.39, 0.29) is 0 Å². The van der Waals surface area contributed by atoms with Gasteiger partial charge in [0.25, 0.3) is 0 Å². The van der Waals surface area contributed by atoms with E-state index in [2.05, 4.69) is 55.4 Å². The van der Waals surface area contributed by atoms with Crippen molar-refractivity contribution in [3.05, 3.63) is 56.7 Å². The van der Waals surface area contributed by atoms with Crippen LogP contribution >= 0.6 is 22.9 Å². The lowest BCUT2D eigenvalue weighted by molar-refractivity contribution is 0.322. The van der Waals surface area contributed by atoms with Gasteiger partial charge in [0.1, 0.15) is 0 Å². The Morgan fingerprint density at radius 2 is 1.71 bits per heavy atom. The van der Waals surface area contributed by atoms with Crippen LogP contribution in [0.15, 0.2) is 36.4 Å². The second-order valence-electron chi connectivity index (χ2n) is 5.70. The molecule has 1 heterocycles. The highest BCUT2D eigenvalue weighted by Crippen LogP contribution is 2.19. The van der Waals surface area contributed by atoms with E-state index in [4.69, 9.17) is 11.6 Å². The zero-order valence-electron chi connectivity index (χ0n) is 12.9. The van der Waals surface area contributed by atoms with E-state index in [1.165, 1.54) is 15.3 Å². The predicted molar refractivity (Wildman–Crippen MR) is 92.9 cm³/mol. The summed E-state index contributed by atoms with van der Waals surface area (Å²) in [6, 6.07) is 13.1. The Labute approximate surface area is 136 Å². The van der Waals surface area contributed by atoms with Crippen molar-refractivity contribution in [3.8, 4) is 0 Å². The summed E-state index contributed by atoms with van der Waals surface area (Å²) in [4.78, 5) is 5.14. The van der Waals surface area contributed by atoms with E-state index in [1.807, 2.05) is 23.5 Å². The van der Waals surface area contributed by atoms with Gasteiger partial charge in [-0.2, -0.15) is 0 Å². The molecule has 0 aliphatic heterocycles. The molecule has 0 saturated heterocycles. The minimum absolute atomic E-state index is 0.531. The Kier molecular flexibility index (Phi) is 6.24. The molecule has 0 bridgehead atoms. The summed E-state index contributed by atoms with van der Waals surface area (Å²) in [6.07, 6.45) is 0. The van der Waals surface area contributed by atoms with E-state index in [1.54, 1.807) is 0 Å². The lowest BCUT2D eigenvalue weighted by Crippen LogP contribution is -2.21. The summed E-state index contributed by atoms with van der Waals surface area (Å²) in [5.41, 5.74) is 1.29. The van der Waals surface area contributed by atoms with Crippen molar-refractivity contribution in [1.29, 1.82) is 0 Å². The molecule has 0 unspecified atom stereocenters. The predicted octanol–water partition coefficient (Wildman–Crippen LogP) is 4.53. The van der Waals surface area contributed by atoms with Gasteiger partial charge in [0.2, 0.25) is 0 Å². The zero-order chi connectivity index (χ0) is 15.2. The van der Waals surface area contributed by atoms with Crippen molar-refractivity contribution in [3.63, 3.8) is 0 Å². The molecule has 4 heteroatoms. The molecule has 0 atom stereocenters. The highest BCUT2D eigenvalue weighted by molar-refractivity contribution is 7.11. The maximum Gasteiger partial charge on any atom is 0.0406 e. The number of nitrogens with one attached hydrogen (secondary N) is 1. The lowest BCUT2D eigenvalue weighted by atomic mass is 10.2. The van der Waals surface area contributed by atoms with Gasteiger partial charge < -0.3 is 5.32 Å². The quantitative estimate of drug-likeness (QED) is 0.805. The van der Waals surface area contributed by atoms with Crippen LogP contribution in [-0.2, 0) is 19.6 Å². The van der Waals surface area contributed by atoms with Crippen molar-refractivity contribution in [2.45, 2.75) is 39.5 Å². The van der Waals surface area contributed by atoms with Crippen molar-refractivity contribution < 1.29 is 0 Å². The molecule has 1 N–H and O–H groups in total. The number of rotatable bonds is 7. The van der Waals surface area contributed by atoms with Crippen LogP contribution in [0.2, 0.25) is 5.02 Å². The highest BCUT2D eigenvalue weighted by Gasteiger charge is 2.05. The maximum atomic E-state index is 5.91. The van der Waals surface area contributed by atoms with Crippen LogP contribution in [0.4, 0.5) is 0 Å². The lowest BCUT2D eigenvalue weighted by Gasteiger charge is -2.15. The van der Waals surface area contributed by atoms with Gasteiger partial charge in [-0.05, 0) is 36.9 Å². The van der Waals surface area contributed by atoms with Crippen LogP contribution in [0, 0.1) is 0 Å². The van der Waals surface area contributed by atoms with Crippen LogP contribution < -0.4 is 5.32 Å². The third-order valence-electron chi connectivity index (χ3n) is 3.19. The Morgan fingerprint density at radius 3 is 2.38 bits per heavy atom. The molecule has 0 saturated carbocycles. The van der Waals surface area contributed by atoms with Gasteiger partial charge in [0.15, 0.2) is 0 Å². The minimum Gasteiger partial charge on any atom is -0.310 e. The average Bonchev–Trinajstić information content (AvgIpc) is 2.86. The first-order valence-electron chi connectivity index (χ1n) is 7.27. The van der Waals surface area contributed by atoms with E-state index < -0.39 is 0 Å². The third-order valence-corrected chi connectivity index (χ3v) is 4.52. The van der Waals surface area contributed by atoms with Gasteiger partial charge in [-0.15, -0.1) is 11.3 Å². The standard InChI is InChI=1S/C17H23ClN2S/c1-13(2)19-10-16-8-9-17(21-16)12-20(3)11-14-4-6-15(18)7-5-14/h4-9,13,19H,10-12H2,1-3H3. The van der Waals surface area contributed by atoms with Gasteiger partial charge in [-0.1, -0.05) is 37.6 Å². The monoisotopic (exact) mass is 322 g/mol. The first kappa shape index (κ1) is 16.5. The molecular formula is C17H23ClN2S. The fraction of sp³-hybridized carbons (Fsp3) is 0.412. The van der Waals surface area contributed by atoms with Crippen molar-refractivity contribution in [2.24, 2.45) is 0 Å². The van der Waals surface area contributed by atoms with Crippen LogP contribution in [0.1, 0.15) is 29.2 Å². The smallest absolute Gasteiger partial charge is 0.0406 e. The SMILES string of the molecule is CC(C)NCc1ccc(CN(C)Cc2ccc(Cl)cc2)s1. The summed E-state index contributed by atoms with van der Waals surface area (Å²) in [6.45, 7) is 7.23. The summed E-state index contributed by atoms with van der Waals surface area (Å²) in [5, 5.41) is 4.25. The minimum atomic E-state index is 0.531. The van der Waals surface area contributed by atoms with E-state index in [0.29, 0.717) is 6.04 Å². The Bertz CT molecular complexity index is 548. The number of hydrogen-bond donors (Lipinski definition) is 1. The van der Waals surface area contributed by atoms with E-state index in [9.17, 15) is 0 Å². The average molecular weight is 323 g/mol. The number of benzene rings is 1. The maximum absolute atomic E-state index is 5.91. The fourth-order valence-corrected chi connectivity index (χ4v) is 3.31. The second kappa shape index (κ2) is 7.95. The zero-order valence-corrected chi connectivity index (χ0v) is 14.5. The number of halogens is 1. The molecule has 0 amide bonds. The molecule has 2 rings (SSSR count). The van der Waals surface area contributed by atoms with Gasteiger partial charge in [0, 0.05) is 40.5 Å². The molecule has 0 spiro atoms.